The number of fused-ring (bicyclic) bond motifs is 1. The van der Waals surface area contributed by atoms with Crippen LogP contribution in [0, 0.1) is 5.92 Å². The highest BCUT2D eigenvalue weighted by molar-refractivity contribution is 6.30. The summed E-state index contributed by atoms with van der Waals surface area (Å²) in [7, 11) is 0. The summed E-state index contributed by atoms with van der Waals surface area (Å²) in [5.41, 5.74) is 1.28. The van der Waals surface area contributed by atoms with Gasteiger partial charge in [-0.05, 0) is 56.3 Å². The molecule has 3 heteroatoms. The number of halogens is 1. The van der Waals surface area contributed by atoms with E-state index in [2.05, 4.69) is 25.2 Å². The molecule has 2 nitrogen and oxygen atoms in total. The molecule has 3 unspecified atom stereocenters. The summed E-state index contributed by atoms with van der Waals surface area (Å²) in [6.07, 6.45) is 5.87. The van der Waals surface area contributed by atoms with Gasteiger partial charge in [-0.25, -0.2) is 0 Å². The fourth-order valence-corrected chi connectivity index (χ4v) is 3.95. The Labute approximate surface area is 126 Å². The van der Waals surface area contributed by atoms with Crippen molar-refractivity contribution in [3.63, 3.8) is 0 Å². The van der Waals surface area contributed by atoms with Crippen molar-refractivity contribution in [3.8, 4) is 5.75 Å². The lowest BCUT2D eigenvalue weighted by Gasteiger charge is -2.40. The second-order valence-electron chi connectivity index (χ2n) is 6.53. The van der Waals surface area contributed by atoms with Gasteiger partial charge in [0.25, 0.3) is 0 Å². The van der Waals surface area contributed by atoms with E-state index in [1.165, 1.54) is 24.8 Å². The van der Waals surface area contributed by atoms with Gasteiger partial charge >= 0.3 is 0 Å². The van der Waals surface area contributed by atoms with E-state index < -0.39 is 0 Å². The molecule has 1 aromatic rings. The normalized spacial score (nSPS) is 32.1. The van der Waals surface area contributed by atoms with Crippen LogP contribution in [0.1, 0.15) is 57.6 Å². The molecule has 110 valence electrons. The largest absolute Gasteiger partial charge is 0.487 e. The smallest absolute Gasteiger partial charge is 0.125 e. The van der Waals surface area contributed by atoms with Gasteiger partial charge < -0.3 is 10.1 Å². The van der Waals surface area contributed by atoms with Crippen molar-refractivity contribution >= 4 is 11.6 Å². The first-order valence-corrected chi connectivity index (χ1v) is 8.21. The second kappa shape index (κ2) is 5.57. The van der Waals surface area contributed by atoms with Gasteiger partial charge in [-0.15, -0.1) is 0 Å². The van der Waals surface area contributed by atoms with Crippen LogP contribution in [0.15, 0.2) is 18.2 Å². The third-order valence-electron chi connectivity index (χ3n) is 4.70. The van der Waals surface area contributed by atoms with Crippen molar-refractivity contribution < 1.29 is 4.74 Å². The summed E-state index contributed by atoms with van der Waals surface area (Å²) in [5.74, 6) is 1.80. The highest BCUT2D eigenvalue weighted by Gasteiger charge is 2.45. The van der Waals surface area contributed by atoms with Gasteiger partial charge in [0.15, 0.2) is 0 Å². The van der Waals surface area contributed by atoms with Crippen LogP contribution >= 0.6 is 11.6 Å². The zero-order chi connectivity index (χ0) is 14.2. The predicted octanol–water partition coefficient (Wildman–Crippen LogP) is 4.72. The summed E-state index contributed by atoms with van der Waals surface area (Å²) in [6.45, 7) is 5.59. The molecule has 1 saturated carbocycles. The van der Waals surface area contributed by atoms with Crippen LogP contribution in [0.25, 0.3) is 0 Å². The van der Waals surface area contributed by atoms with Crippen molar-refractivity contribution in [1.82, 2.24) is 5.32 Å². The Morgan fingerprint density at radius 1 is 1.40 bits per heavy atom. The van der Waals surface area contributed by atoms with E-state index >= 15 is 0 Å². The van der Waals surface area contributed by atoms with Crippen LogP contribution in [0.5, 0.6) is 5.75 Å². The van der Waals surface area contributed by atoms with Crippen LogP contribution in [-0.2, 0) is 0 Å². The first-order valence-electron chi connectivity index (χ1n) is 7.84. The molecule has 1 heterocycles. The highest BCUT2D eigenvalue weighted by atomic mass is 35.5. The van der Waals surface area contributed by atoms with Crippen LogP contribution in [0.3, 0.4) is 0 Å². The lowest BCUT2D eigenvalue weighted by Crippen LogP contribution is -2.42. The van der Waals surface area contributed by atoms with Crippen LogP contribution in [0.2, 0.25) is 5.02 Å². The van der Waals surface area contributed by atoms with E-state index in [9.17, 15) is 0 Å². The number of rotatable bonds is 3. The molecular weight excluding hydrogens is 270 g/mol. The molecule has 3 atom stereocenters. The molecule has 3 rings (SSSR count). The topological polar surface area (TPSA) is 21.3 Å². The monoisotopic (exact) mass is 293 g/mol. The van der Waals surface area contributed by atoms with E-state index in [4.69, 9.17) is 16.3 Å². The zero-order valence-corrected chi connectivity index (χ0v) is 13.2. The van der Waals surface area contributed by atoms with Gasteiger partial charge in [-0.3, -0.25) is 0 Å². The van der Waals surface area contributed by atoms with E-state index in [1.54, 1.807) is 0 Å². The quantitative estimate of drug-likeness (QED) is 0.870. The Bertz CT molecular complexity index is 490. The molecule has 1 aliphatic heterocycles. The molecule has 1 N–H and O–H groups in total. The SMILES string of the molecule is CCCNC1CC2(CCC(C)C2)Oc2ccc(Cl)cc21. The first-order chi connectivity index (χ1) is 9.62. The number of nitrogens with one attached hydrogen (secondary N) is 1. The van der Waals surface area contributed by atoms with Gasteiger partial charge in [0.1, 0.15) is 11.4 Å². The molecule has 0 amide bonds. The third-order valence-corrected chi connectivity index (χ3v) is 4.94. The van der Waals surface area contributed by atoms with Crippen LogP contribution in [-0.4, -0.2) is 12.1 Å². The molecule has 1 fully saturated rings. The van der Waals surface area contributed by atoms with Gasteiger partial charge in [-0.1, -0.05) is 25.4 Å². The molecule has 0 aromatic heterocycles. The molecule has 1 aliphatic carbocycles. The van der Waals surface area contributed by atoms with E-state index in [0.717, 1.165) is 36.1 Å². The average molecular weight is 294 g/mol. The average Bonchev–Trinajstić information content (AvgIpc) is 2.77. The molecule has 20 heavy (non-hydrogen) atoms. The fraction of sp³-hybridized carbons (Fsp3) is 0.647. The lowest BCUT2D eigenvalue weighted by molar-refractivity contribution is 0.0336. The van der Waals surface area contributed by atoms with Crippen molar-refractivity contribution in [2.75, 3.05) is 6.54 Å². The molecule has 0 radical (unpaired) electrons. The fourth-order valence-electron chi connectivity index (χ4n) is 3.77. The molecule has 0 saturated heterocycles. The minimum atomic E-state index is 0.0473. The summed E-state index contributed by atoms with van der Waals surface area (Å²) in [5, 5.41) is 4.48. The Balaban J connectivity index is 1.91. The van der Waals surface area contributed by atoms with Crippen LogP contribution in [0.4, 0.5) is 0 Å². The van der Waals surface area contributed by atoms with E-state index in [1.807, 2.05) is 12.1 Å². The molecular formula is C17H24ClNO. The van der Waals surface area contributed by atoms with Gasteiger partial charge in [-0.2, -0.15) is 0 Å². The van der Waals surface area contributed by atoms with Gasteiger partial charge in [0.2, 0.25) is 0 Å². The summed E-state index contributed by atoms with van der Waals surface area (Å²) in [4.78, 5) is 0. The minimum Gasteiger partial charge on any atom is -0.487 e. The lowest BCUT2D eigenvalue weighted by atomic mass is 9.85. The summed E-state index contributed by atoms with van der Waals surface area (Å²) in [6, 6.07) is 6.43. The highest BCUT2D eigenvalue weighted by Crippen LogP contribution is 2.49. The maximum absolute atomic E-state index is 6.42. The van der Waals surface area contributed by atoms with Crippen molar-refractivity contribution in [1.29, 1.82) is 0 Å². The number of ether oxygens (including phenoxy) is 1. The zero-order valence-electron chi connectivity index (χ0n) is 12.4. The molecule has 2 aliphatic rings. The minimum absolute atomic E-state index is 0.0473. The molecule has 1 aromatic carbocycles. The number of benzene rings is 1. The maximum atomic E-state index is 6.42. The number of hydrogen-bond donors (Lipinski definition) is 1. The first kappa shape index (κ1) is 14.2. The van der Waals surface area contributed by atoms with Crippen molar-refractivity contribution in [3.05, 3.63) is 28.8 Å². The number of hydrogen-bond acceptors (Lipinski definition) is 2. The summed E-state index contributed by atoms with van der Waals surface area (Å²) < 4.78 is 6.42. The van der Waals surface area contributed by atoms with Gasteiger partial charge in [0, 0.05) is 23.0 Å². The van der Waals surface area contributed by atoms with E-state index in [0.29, 0.717) is 6.04 Å². The van der Waals surface area contributed by atoms with Crippen molar-refractivity contribution in [2.45, 2.75) is 57.6 Å². The Morgan fingerprint density at radius 3 is 2.95 bits per heavy atom. The standard InChI is InChI=1S/C17H24ClNO/c1-3-8-19-15-11-17(7-6-12(2)10-17)20-16-5-4-13(18)9-14(15)16/h4-5,9,12,15,19H,3,6-8,10-11H2,1-2H3. The Kier molecular flexibility index (Phi) is 3.96. The third kappa shape index (κ3) is 2.68. The molecule has 0 bridgehead atoms. The Morgan fingerprint density at radius 2 is 2.25 bits per heavy atom. The Hall–Kier alpha value is -0.730. The van der Waals surface area contributed by atoms with E-state index in [-0.39, 0.29) is 5.60 Å². The maximum Gasteiger partial charge on any atom is 0.125 e. The van der Waals surface area contributed by atoms with Crippen LogP contribution < -0.4 is 10.1 Å². The summed E-state index contributed by atoms with van der Waals surface area (Å²) >= 11 is 6.17. The predicted molar refractivity (Wildman–Crippen MR) is 83.5 cm³/mol. The second-order valence-corrected chi connectivity index (χ2v) is 6.96. The molecule has 1 spiro atoms. The van der Waals surface area contributed by atoms with Crippen molar-refractivity contribution in [2.24, 2.45) is 5.92 Å². The van der Waals surface area contributed by atoms with Gasteiger partial charge in [0.05, 0.1) is 0 Å².